The molecular formula is C22H26O8. The molecule has 0 aliphatic heterocycles. The third-order valence-corrected chi connectivity index (χ3v) is 6.21. The molecule has 0 saturated heterocycles. The number of benzene rings is 1. The first-order chi connectivity index (χ1) is 14.2. The van der Waals surface area contributed by atoms with Crippen LogP contribution in [0.1, 0.15) is 37.8 Å². The van der Waals surface area contributed by atoms with Crippen molar-refractivity contribution in [2.45, 2.75) is 39.9 Å². The Kier molecular flexibility index (Phi) is 5.87. The van der Waals surface area contributed by atoms with Gasteiger partial charge in [-0.3, -0.25) is 19.2 Å². The molecule has 8 nitrogen and oxygen atoms in total. The van der Waals surface area contributed by atoms with Gasteiger partial charge in [0, 0.05) is 0 Å². The number of ether oxygens (including phenoxy) is 4. The second kappa shape index (κ2) is 8.08. The van der Waals surface area contributed by atoms with Gasteiger partial charge in [-0.2, -0.15) is 0 Å². The number of carbonyl (C=O) groups is 4. The highest BCUT2D eigenvalue weighted by Crippen LogP contribution is 2.54. The predicted octanol–water partition coefficient (Wildman–Crippen LogP) is 2.17. The van der Waals surface area contributed by atoms with Gasteiger partial charge in [-0.05, 0) is 35.8 Å². The van der Waals surface area contributed by atoms with Crippen LogP contribution in [0.15, 0.2) is 24.3 Å². The average molecular weight is 418 g/mol. The third-order valence-electron chi connectivity index (χ3n) is 6.21. The van der Waals surface area contributed by atoms with Crippen molar-refractivity contribution < 1.29 is 38.1 Å². The van der Waals surface area contributed by atoms with E-state index in [1.165, 1.54) is 14.2 Å². The van der Waals surface area contributed by atoms with E-state index in [1.54, 1.807) is 38.1 Å². The van der Waals surface area contributed by atoms with Gasteiger partial charge in [-0.25, -0.2) is 0 Å². The largest absolute Gasteiger partial charge is 0.468 e. The molecule has 0 spiro atoms. The Morgan fingerprint density at radius 2 is 1.03 bits per heavy atom. The molecule has 2 saturated carbocycles. The molecule has 2 aliphatic carbocycles. The molecular weight excluding hydrogens is 392 g/mol. The number of hydrogen-bond donors (Lipinski definition) is 0. The summed E-state index contributed by atoms with van der Waals surface area (Å²) in [5.41, 5.74) is -0.904. The van der Waals surface area contributed by atoms with Gasteiger partial charge in [-0.1, -0.05) is 38.1 Å². The van der Waals surface area contributed by atoms with Gasteiger partial charge in [0.1, 0.15) is 13.2 Å². The Labute approximate surface area is 174 Å². The number of carbonyl (C=O) groups excluding carboxylic acids is 4. The highest BCUT2D eigenvalue weighted by molar-refractivity contribution is 6.04. The quantitative estimate of drug-likeness (QED) is 0.359. The lowest BCUT2D eigenvalue weighted by Crippen LogP contribution is -2.30. The molecule has 2 fully saturated rings. The average Bonchev–Trinajstić information content (AvgIpc) is 3.64. The zero-order valence-corrected chi connectivity index (χ0v) is 17.6. The van der Waals surface area contributed by atoms with Crippen LogP contribution in [0.3, 0.4) is 0 Å². The van der Waals surface area contributed by atoms with E-state index in [0.29, 0.717) is 12.8 Å². The van der Waals surface area contributed by atoms with Crippen LogP contribution in [0.25, 0.3) is 0 Å². The topological polar surface area (TPSA) is 105 Å². The fraction of sp³-hybridized carbons (Fsp3) is 0.545. The fourth-order valence-electron chi connectivity index (χ4n) is 3.80. The minimum atomic E-state index is -1.18. The minimum Gasteiger partial charge on any atom is -0.468 e. The Bertz CT molecular complexity index is 789. The normalized spacial score (nSPS) is 28.8. The Balaban J connectivity index is 1.51. The summed E-state index contributed by atoms with van der Waals surface area (Å²) in [6.07, 6.45) is 0.850. The van der Waals surface area contributed by atoms with Crippen molar-refractivity contribution in [3.8, 4) is 0 Å². The minimum absolute atomic E-state index is 0.0212. The summed E-state index contributed by atoms with van der Waals surface area (Å²) in [6, 6.07) is 6.97. The van der Waals surface area contributed by atoms with Crippen LogP contribution in [0.5, 0.6) is 0 Å². The van der Waals surface area contributed by atoms with E-state index in [9.17, 15) is 19.2 Å². The molecule has 0 radical (unpaired) electrons. The van der Waals surface area contributed by atoms with Crippen molar-refractivity contribution in [2.75, 3.05) is 14.2 Å². The highest BCUT2D eigenvalue weighted by Gasteiger charge is 2.66. The summed E-state index contributed by atoms with van der Waals surface area (Å²) in [7, 11) is 2.51. The van der Waals surface area contributed by atoms with E-state index >= 15 is 0 Å². The SMILES string of the molecule is COC(=O)C1(C(=O)OCc2ccc(COC(=O)C3(C(=O)OC)CC3C)cc2)CC1C. The molecule has 0 amide bonds. The second-order valence-electron chi connectivity index (χ2n) is 8.10. The monoisotopic (exact) mass is 418 g/mol. The van der Waals surface area contributed by atoms with Gasteiger partial charge in [0.15, 0.2) is 10.8 Å². The Morgan fingerprint density at radius 1 is 0.733 bits per heavy atom. The summed E-state index contributed by atoms with van der Waals surface area (Å²) in [6.45, 7) is 3.66. The molecule has 30 heavy (non-hydrogen) atoms. The van der Waals surface area contributed by atoms with Crippen molar-refractivity contribution in [3.05, 3.63) is 35.4 Å². The molecule has 4 atom stereocenters. The number of rotatable bonds is 8. The van der Waals surface area contributed by atoms with E-state index in [1.807, 2.05) is 0 Å². The lowest BCUT2D eigenvalue weighted by molar-refractivity contribution is -0.166. The lowest BCUT2D eigenvalue weighted by atomic mass is 10.1. The first kappa shape index (κ1) is 21.8. The zero-order chi connectivity index (χ0) is 22.1. The lowest BCUT2D eigenvalue weighted by Gasteiger charge is -2.14. The summed E-state index contributed by atoms with van der Waals surface area (Å²) < 4.78 is 20.1. The zero-order valence-electron chi connectivity index (χ0n) is 17.6. The van der Waals surface area contributed by atoms with Crippen LogP contribution >= 0.6 is 0 Å². The summed E-state index contributed by atoms with van der Waals surface area (Å²) >= 11 is 0. The van der Waals surface area contributed by atoms with E-state index < -0.39 is 34.7 Å². The molecule has 162 valence electrons. The standard InChI is InChI=1S/C22H26O8/c1-13-9-21(13,17(23)27-3)19(25)29-11-15-5-7-16(8-6-15)12-30-20(26)22(10-14(22)2)18(24)28-4/h5-8,13-14H,9-12H2,1-4H3. The number of hydrogen-bond acceptors (Lipinski definition) is 8. The Morgan fingerprint density at radius 3 is 1.27 bits per heavy atom. The van der Waals surface area contributed by atoms with Crippen molar-refractivity contribution in [1.82, 2.24) is 0 Å². The van der Waals surface area contributed by atoms with Crippen LogP contribution in [-0.4, -0.2) is 38.1 Å². The van der Waals surface area contributed by atoms with E-state index in [2.05, 4.69) is 0 Å². The summed E-state index contributed by atoms with van der Waals surface area (Å²) in [4.78, 5) is 48.5. The second-order valence-corrected chi connectivity index (χ2v) is 8.10. The van der Waals surface area contributed by atoms with Crippen molar-refractivity contribution in [1.29, 1.82) is 0 Å². The first-order valence-electron chi connectivity index (χ1n) is 9.81. The molecule has 8 heteroatoms. The van der Waals surface area contributed by atoms with E-state index in [-0.39, 0.29) is 25.0 Å². The van der Waals surface area contributed by atoms with Gasteiger partial charge in [0.25, 0.3) is 0 Å². The first-order valence-corrected chi connectivity index (χ1v) is 9.81. The van der Waals surface area contributed by atoms with Gasteiger partial charge >= 0.3 is 23.9 Å². The summed E-state index contributed by atoms with van der Waals surface area (Å²) in [5.74, 6) is -2.48. The molecule has 1 aromatic rings. The van der Waals surface area contributed by atoms with Crippen LogP contribution in [0, 0.1) is 22.7 Å². The van der Waals surface area contributed by atoms with Gasteiger partial charge < -0.3 is 18.9 Å². The van der Waals surface area contributed by atoms with Crippen LogP contribution in [-0.2, 0) is 51.3 Å². The molecule has 0 heterocycles. The maximum Gasteiger partial charge on any atom is 0.324 e. The maximum atomic E-state index is 12.3. The number of esters is 4. The number of methoxy groups -OCH3 is 2. The smallest absolute Gasteiger partial charge is 0.324 e. The van der Waals surface area contributed by atoms with E-state index in [0.717, 1.165) is 11.1 Å². The molecule has 0 bridgehead atoms. The van der Waals surface area contributed by atoms with Crippen LogP contribution in [0.2, 0.25) is 0 Å². The van der Waals surface area contributed by atoms with Crippen molar-refractivity contribution >= 4 is 23.9 Å². The Hall–Kier alpha value is -2.90. The molecule has 2 aliphatic rings. The summed E-state index contributed by atoms with van der Waals surface area (Å²) in [5, 5.41) is 0. The van der Waals surface area contributed by atoms with Crippen molar-refractivity contribution in [2.24, 2.45) is 22.7 Å². The van der Waals surface area contributed by atoms with Gasteiger partial charge in [-0.15, -0.1) is 0 Å². The van der Waals surface area contributed by atoms with Gasteiger partial charge in [0.05, 0.1) is 14.2 Å². The maximum absolute atomic E-state index is 12.3. The molecule has 3 rings (SSSR count). The van der Waals surface area contributed by atoms with Crippen molar-refractivity contribution in [3.63, 3.8) is 0 Å². The van der Waals surface area contributed by atoms with Gasteiger partial charge in [0.2, 0.25) is 0 Å². The highest BCUT2D eigenvalue weighted by atomic mass is 16.6. The molecule has 0 aromatic heterocycles. The third kappa shape index (κ3) is 3.66. The molecule has 4 unspecified atom stereocenters. The fourth-order valence-corrected chi connectivity index (χ4v) is 3.80. The molecule has 1 aromatic carbocycles. The molecule has 0 N–H and O–H groups in total. The van der Waals surface area contributed by atoms with Crippen LogP contribution in [0.4, 0.5) is 0 Å². The van der Waals surface area contributed by atoms with E-state index in [4.69, 9.17) is 18.9 Å². The predicted molar refractivity (Wildman–Crippen MR) is 102 cm³/mol. The van der Waals surface area contributed by atoms with Crippen LogP contribution < -0.4 is 0 Å².